The van der Waals surface area contributed by atoms with Crippen LogP contribution < -0.4 is 4.74 Å². The molecule has 120 valence electrons. The lowest BCUT2D eigenvalue weighted by Crippen LogP contribution is -2.37. The summed E-state index contributed by atoms with van der Waals surface area (Å²) in [6, 6.07) is 9.31. The first-order valence-corrected chi connectivity index (χ1v) is 7.32. The molecule has 1 fully saturated rings. The lowest BCUT2D eigenvalue weighted by molar-refractivity contribution is -0.137. The Kier molecular flexibility index (Phi) is 4.01. The minimum atomic E-state index is -1.04. The van der Waals surface area contributed by atoms with E-state index in [2.05, 4.69) is 5.10 Å². The van der Waals surface area contributed by atoms with Crippen LogP contribution in [0.3, 0.4) is 0 Å². The lowest BCUT2D eigenvalue weighted by Gasteiger charge is -2.19. The number of methoxy groups -OCH3 is 1. The molecule has 7 nitrogen and oxygen atoms in total. The fraction of sp³-hybridized carbons (Fsp3) is 0.312. The van der Waals surface area contributed by atoms with E-state index in [4.69, 9.17) is 9.84 Å². The van der Waals surface area contributed by atoms with Crippen molar-refractivity contribution in [2.75, 3.05) is 13.7 Å². The van der Waals surface area contributed by atoms with Gasteiger partial charge in [0.15, 0.2) is 11.4 Å². The number of rotatable bonds is 6. The van der Waals surface area contributed by atoms with E-state index in [0.717, 1.165) is 18.5 Å². The van der Waals surface area contributed by atoms with Crippen LogP contribution in [-0.4, -0.2) is 51.4 Å². The van der Waals surface area contributed by atoms with Crippen molar-refractivity contribution in [2.45, 2.75) is 18.9 Å². The smallest absolute Gasteiger partial charge is 0.323 e. The molecule has 0 unspecified atom stereocenters. The van der Waals surface area contributed by atoms with E-state index in [9.17, 15) is 9.59 Å². The molecule has 0 spiro atoms. The summed E-state index contributed by atoms with van der Waals surface area (Å²) in [5.41, 5.74) is 0.922. The predicted octanol–water partition coefficient (Wildman–Crippen LogP) is 1.57. The number of hydrogen-bond acceptors (Lipinski definition) is 4. The molecule has 1 heterocycles. The first-order valence-electron chi connectivity index (χ1n) is 7.32. The normalized spacial score (nSPS) is 13.6. The zero-order valence-corrected chi connectivity index (χ0v) is 12.7. The highest BCUT2D eigenvalue weighted by atomic mass is 16.5. The number of para-hydroxylation sites is 1. The van der Waals surface area contributed by atoms with Crippen LogP contribution in [0.5, 0.6) is 5.75 Å². The number of nitrogens with zero attached hydrogens (tertiary/aromatic N) is 3. The van der Waals surface area contributed by atoms with Gasteiger partial charge in [-0.15, -0.1) is 0 Å². The highest BCUT2D eigenvalue weighted by Crippen LogP contribution is 2.30. The van der Waals surface area contributed by atoms with Gasteiger partial charge in [-0.25, -0.2) is 4.68 Å². The van der Waals surface area contributed by atoms with Crippen molar-refractivity contribution < 1.29 is 19.4 Å². The fourth-order valence-electron chi connectivity index (χ4n) is 2.40. The summed E-state index contributed by atoms with van der Waals surface area (Å²) < 4.78 is 6.80. The Labute approximate surface area is 133 Å². The Hall–Kier alpha value is -2.83. The maximum atomic E-state index is 12.7. The van der Waals surface area contributed by atoms with Crippen molar-refractivity contribution in [3.05, 3.63) is 42.2 Å². The van der Waals surface area contributed by atoms with Crippen molar-refractivity contribution in [2.24, 2.45) is 0 Å². The van der Waals surface area contributed by atoms with Crippen LogP contribution in [0.1, 0.15) is 23.3 Å². The molecular weight excluding hydrogens is 298 g/mol. The number of carboxylic acid groups (broad SMARTS) is 1. The van der Waals surface area contributed by atoms with Gasteiger partial charge in [-0.3, -0.25) is 9.59 Å². The van der Waals surface area contributed by atoms with Gasteiger partial charge in [0.1, 0.15) is 6.54 Å². The maximum absolute atomic E-state index is 12.7. The van der Waals surface area contributed by atoms with Crippen molar-refractivity contribution in [1.29, 1.82) is 0 Å². The minimum Gasteiger partial charge on any atom is -0.493 e. The van der Waals surface area contributed by atoms with Crippen molar-refractivity contribution in [3.8, 4) is 11.4 Å². The standard InChI is InChI=1S/C16H17N3O4/c1-23-13-9-19(12-5-3-2-4-6-12)17-15(13)16(22)18(10-14(20)21)11-7-8-11/h2-6,9,11H,7-8,10H2,1H3,(H,20,21). The molecule has 23 heavy (non-hydrogen) atoms. The summed E-state index contributed by atoms with van der Waals surface area (Å²) in [7, 11) is 1.46. The van der Waals surface area contributed by atoms with Gasteiger partial charge in [0.2, 0.25) is 0 Å². The van der Waals surface area contributed by atoms with Gasteiger partial charge >= 0.3 is 5.97 Å². The molecule has 1 aliphatic rings. The SMILES string of the molecule is COc1cn(-c2ccccc2)nc1C(=O)N(CC(=O)O)C1CC1. The van der Waals surface area contributed by atoms with Crippen LogP contribution in [0.4, 0.5) is 0 Å². The first kappa shape index (κ1) is 15.1. The van der Waals surface area contributed by atoms with E-state index in [1.165, 1.54) is 12.0 Å². The average Bonchev–Trinajstić information content (AvgIpc) is 3.30. The topological polar surface area (TPSA) is 84.7 Å². The second kappa shape index (κ2) is 6.12. The summed E-state index contributed by atoms with van der Waals surface area (Å²) >= 11 is 0. The molecule has 1 amide bonds. The van der Waals surface area contributed by atoms with E-state index >= 15 is 0 Å². The molecule has 1 N–H and O–H groups in total. The third-order valence-electron chi connectivity index (χ3n) is 3.68. The number of ether oxygens (including phenoxy) is 1. The van der Waals surface area contributed by atoms with Crippen LogP contribution in [-0.2, 0) is 4.79 Å². The lowest BCUT2D eigenvalue weighted by atomic mass is 10.3. The Balaban J connectivity index is 1.93. The number of aliphatic carboxylic acids is 1. The predicted molar refractivity (Wildman–Crippen MR) is 81.8 cm³/mol. The first-order chi connectivity index (χ1) is 11.1. The van der Waals surface area contributed by atoms with E-state index < -0.39 is 11.9 Å². The molecule has 0 saturated heterocycles. The third-order valence-corrected chi connectivity index (χ3v) is 3.68. The molecule has 0 radical (unpaired) electrons. The van der Waals surface area contributed by atoms with Crippen molar-refractivity contribution in [1.82, 2.24) is 14.7 Å². The van der Waals surface area contributed by atoms with Gasteiger partial charge < -0.3 is 14.7 Å². The number of carbonyl (C=O) groups excluding carboxylic acids is 1. The van der Waals surface area contributed by atoms with Crippen molar-refractivity contribution >= 4 is 11.9 Å². The molecule has 3 rings (SSSR count). The van der Waals surface area contributed by atoms with Crippen LogP contribution in [0.2, 0.25) is 0 Å². The number of carbonyl (C=O) groups is 2. The van der Waals surface area contributed by atoms with Crippen molar-refractivity contribution in [3.63, 3.8) is 0 Å². The quantitative estimate of drug-likeness (QED) is 0.874. The average molecular weight is 315 g/mol. The van der Waals surface area contributed by atoms with Gasteiger partial charge in [0.05, 0.1) is 19.0 Å². The zero-order chi connectivity index (χ0) is 16.4. The molecule has 0 bridgehead atoms. The maximum Gasteiger partial charge on any atom is 0.323 e. The zero-order valence-electron chi connectivity index (χ0n) is 12.7. The molecule has 1 saturated carbocycles. The molecule has 0 aliphatic heterocycles. The van der Waals surface area contributed by atoms with Crippen LogP contribution in [0.25, 0.3) is 5.69 Å². The Morgan fingerprint density at radius 3 is 2.61 bits per heavy atom. The van der Waals surface area contributed by atoms with E-state index in [1.54, 1.807) is 10.9 Å². The minimum absolute atomic E-state index is 0.0230. The molecule has 2 aromatic rings. The van der Waals surface area contributed by atoms with Gasteiger partial charge in [-0.05, 0) is 25.0 Å². The second-order valence-corrected chi connectivity index (χ2v) is 5.38. The molecule has 7 heteroatoms. The molecule has 1 aromatic heterocycles. The summed E-state index contributed by atoms with van der Waals surface area (Å²) in [4.78, 5) is 25.1. The Morgan fingerprint density at radius 2 is 2.04 bits per heavy atom. The number of amides is 1. The van der Waals surface area contributed by atoms with Crippen LogP contribution >= 0.6 is 0 Å². The van der Waals surface area contributed by atoms with E-state index in [1.807, 2.05) is 30.3 Å². The molecule has 1 aliphatic carbocycles. The fourth-order valence-corrected chi connectivity index (χ4v) is 2.40. The number of benzene rings is 1. The molecule has 1 aromatic carbocycles. The number of carboxylic acids is 1. The largest absolute Gasteiger partial charge is 0.493 e. The van der Waals surface area contributed by atoms with Gasteiger partial charge in [0.25, 0.3) is 5.91 Å². The van der Waals surface area contributed by atoms with Crippen LogP contribution in [0, 0.1) is 0 Å². The Morgan fingerprint density at radius 1 is 1.35 bits per heavy atom. The highest BCUT2D eigenvalue weighted by Gasteiger charge is 2.36. The number of aromatic nitrogens is 2. The summed E-state index contributed by atoms with van der Waals surface area (Å²) in [6.45, 7) is -0.329. The van der Waals surface area contributed by atoms with E-state index in [-0.39, 0.29) is 18.3 Å². The second-order valence-electron chi connectivity index (χ2n) is 5.38. The number of hydrogen-bond donors (Lipinski definition) is 1. The highest BCUT2D eigenvalue weighted by molar-refractivity contribution is 5.97. The summed E-state index contributed by atoms with van der Waals surface area (Å²) in [5, 5.41) is 13.3. The monoisotopic (exact) mass is 315 g/mol. The van der Waals surface area contributed by atoms with Crippen LogP contribution in [0.15, 0.2) is 36.5 Å². The molecule has 0 atom stereocenters. The van der Waals surface area contributed by atoms with Gasteiger partial charge in [0, 0.05) is 6.04 Å². The Bertz CT molecular complexity index is 722. The summed E-state index contributed by atoms with van der Waals surface area (Å²) in [5.74, 6) is -1.12. The summed E-state index contributed by atoms with van der Waals surface area (Å²) in [6.07, 6.45) is 3.26. The van der Waals surface area contributed by atoms with E-state index in [0.29, 0.717) is 5.75 Å². The van der Waals surface area contributed by atoms with Gasteiger partial charge in [-0.1, -0.05) is 18.2 Å². The van der Waals surface area contributed by atoms with Gasteiger partial charge in [-0.2, -0.15) is 5.10 Å². The molecular formula is C16H17N3O4. The third kappa shape index (κ3) is 3.18.